The SMILES string of the molecule is CCCCCC(C)(C)CN1CC(C)(CC)NCC1CC. The molecule has 0 radical (unpaired) electrons. The van der Waals surface area contributed by atoms with Gasteiger partial charge in [-0.3, -0.25) is 4.90 Å². The first-order valence-corrected chi connectivity index (χ1v) is 8.85. The molecule has 120 valence electrons. The zero-order chi connectivity index (χ0) is 15.2. The summed E-state index contributed by atoms with van der Waals surface area (Å²) in [6.07, 6.45) is 7.94. The Hall–Kier alpha value is -0.0800. The van der Waals surface area contributed by atoms with Crippen LogP contribution < -0.4 is 5.32 Å². The van der Waals surface area contributed by atoms with Crippen LogP contribution in [0, 0.1) is 5.41 Å². The molecule has 0 aromatic heterocycles. The quantitative estimate of drug-likeness (QED) is 0.662. The Kier molecular flexibility index (Phi) is 7.00. The number of nitrogens with zero attached hydrogens (tertiary/aromatic N) is 1. The average molecular weight is 283 g/mol. The van der Waals surface area contributed by atoms with Crippen LogP contribution in [-0.2, 0) is 0 Å². The fourth-order valence-corrected chi connectivity index (χ4v) is 3.43. The van der Waals surface area contributed by atoms with Crippen LogP contribution in [-0.4, -0.2) is 36.1 Å². The molecule has 2 unspecified atom stereocenters. The van der Waals surface area contributed by atoms with Gasteiger partial charge in [-0.15, -0.1) is 0 Å². The molecule has 20 heavy (non-hydrogen) atoms. The van der Waals surface area contributed by atoms with Crippen molar-refractivity contribution in [2.24, 2.45) is 5.41 Å². The lowest BCUT2D eigenvalue weighted by Crippen LogP contribution is -2.63. The van der Waals surface area contributed by atoms with Gasteiger partial charge in [0, 0.05) is 31.2 Å². The minimum absolute atomic E-state index is 0.311. The van der Waals surface area contributed by atoms with Crippen LogP contribution in [0.25, 0.3) is 0 Å². The summed E-state index contributed by atoms with van der Waals surface area (Å²) in [6.45, 7) is 17.9. The maximum absolute atomic E-state index is 3.77. The third-order valence-electron chi connectivity index (χ3n) is 5.17. The molecule has 1 aliphatic rings. The lowest BCUT2D eigenvalue weighted by Gasteiger charge is -2.48. The molecule has 2 atom stereocenters. The fraction of sp³-hybridized carbons (Fsp3) is 1.00. The van der Waals surface area contributed by atoms with Crippen molar-refractivity contribution in [2.45, 2.75) is 91.6 Å². The lowest BCUT2D eigenvalue weighted by molar-refractivity contribution is 0.0460. The predicted octanol–water partition coefficient (Wildman–Crippen LogP) is 4.45. The smallest absolute Gasteiger partial charge is 0.0278 e. The zero-order valence-corrected chi connectivity index (χ0v) is 14.9. The van der Waals surface area contributed by atoms with E-state index in [0.29, 0.717) is 11.0 Å². The van der Waals surface area contributed by atoms with E-state index in [1.807, 2.05) is 0 Å². The highest BCUT2D eigenvalue weighted by atomic mass is 15.3. The third kappa shape index (κ3) is 5.37. The summed E-state index contributed by atoms with van der Waals surface area (Å²) in [5.41, 5.74) is 0.764. The van der Waals surface area contributed by atoms with Crippen LogP contribution >= 0.6 is 0 Å². The summed E-state index contributed by atoms with van der Waals surface area (Å²) in [6, 6.07) is 0.722. The summed E-state index contributed by atoms with van der Waals surface area (Å²) in [5, 5.41) is 3.77. The highest BCUT2D eigenvalue weighted by Gasteiger charge is 2.35. The van der Waals surface area contributed by atoms with Crippen molar-refractivity contribution >= 4 is 0 Å². The molecular formula is C18H38N2. The lowest BCUT2D eigenvalue weighted by atomic mass is 9.84. The highest BCUT2D eigenvalue weighted by molar-refractivity contribution is 4.95. The van der Waals surface area contributed by atoms with Crippen LogP contribution in [0.3, 0.4) is 0 Å². The van der Waals surface area contributed by atoms with Gasteiger partial charge < -0.3 is 5.32 Å². The van der Waals surface area contributed by atoms with Gasteiger partial charge in [-0.1, -0.05) is 53.9 Å². The van der Waals surface area contributed by atoms with Crippen molar-refractivity contribution in [3.8, 4) is 0 Å². The summed E-state index contributed by atoms with van der Waals surface area (Å²) in [4.78, 5) is 2.77. The Bertz CT molecular complexity index is 275. The number of piperazine rings is 1. The van der Waals surface area contributed by atoms with Crippen molar-refractivity contribution in [3.63, 3.8) is 0 Å². The molecule has 0 aromatic carbocycles. The van der Waals surface area contributed by atoms with E-state index < -0.39 is 0 Å². The molecule has 1 rings (SSSR count). The van der Waals surface area contributed by atoms with Gasteiger partial charge in [0.05, 0.1) is 0 Å². The largest absolute Gasteiger partial charge is 0.309 e. The second-order valence-corrected chi connectivity index (χ2v) is 7.88. The molecule has 0 saturated carbocycles. The Balaban J connectivity index is 2.60. The molecular weight excluding hydrogens is 244 g/mol. The number of hydrogen-bond donors (Lipinski definition) is 1. The minimum atomic E-state index is 0.311. The summed E-state index contributed by atoms with van der Waals surface area (Å²) >= 11 is 0. The van der Waals surface area contributed by atoms with Gasteiger partial charge in [0.15, 0.2) is 0 Å². The second kappa shape index (κ2) is 7.79. The van der Waals surface area contributed by atoms with Crippen molar-refractivity contribution in [1.82, 2.24) is 10.2 Å². The Labute approximate surface area is 127 Å². The maximum Gasteiger partial charge on any atom is 0.0278 e. The normalized spacial score (nSPS) is 28.8. The molecule has 2 heteroatoms. The number of nitrogens with one attached hydrogen (secondary N) is 1. The van der Waals surface area contributed by atoms with Gasteiger partial charge in [-0.05, 0) is 31.6 Å². The van der Waals surface area contributed by atoms with E-state index in [1.54, 1.807) is 0 Å². The summed E-state index contributed by atoms with van der Waals surface area (Å²) in [7, 11) is 0. The molecule has 1 heterocycles. The molecule has 1 aliphatic heterocycles. The zero-order valence-electron chi connectivity index (χ0n) is 14.9. The van der Waals surface area contributed by atoms with E-state index >= 15 is 0 Å². The van der Waals surface area contributed by atoms with Gasteiger partial charge in [-0.2, -0.15) is 0 Å². The minimum Gasteiger partial charge on any atom is -0.309 e. The highest BCUT2D eigenvalue weighted by Crippen LogP contribution is 2.29. The molecule has 1 saturated heterocycles. The van der Waals surface area contributed by atoms with Gasteiger partial charge in [-0.25, -0.2) is 0 Å². The van der Waals surface area contributed by atoms with Crippen LogP contribution in [0.5, 0.6) is 0 Å². The van der Waals surface area contributed by atoms with Crippen molar-refractivity contribution in [1.29, 1.82) is 0 Å². The number of rotatable bonds is 8. The second-order valence-electron chi connectivity index (χ2n) is 7.88. The van der Waals surface area contributed by atoms with E-state index in [-0.39, 0.29) is 0 Å². The molecule has 0 bridgehead atoms. The van der Waals surface area contributed by atoms with Crippen LogP contribution in [0.4, 0.5) is 0 Å². The molecule has 1 N–H and O–H groups in total. The molecule has 0 aliphatic carbocycles. The van der Waals surface area contributed by atoms with Crippen molar-refractivity contribution in [3.05, 3.63) is 0 Å². The molecule has 0 spiro atoms. The van der Waals surface area contributed by atoms with Crippen molar-refractivity contribution in [2.75, 3.05) is 19.6 Å². The van der Waals surface area contributed by atoms with Crippen LogP contribution in [0.1, 0.15) is 80.1 Å². The van der Waals surface area contributed by atoms with Crippen molar-refractivity contribution < 1.29 is 0 Å². The van der Waals surface area contributed by atoms with E-state index in [0.717, 1.165) is 12.6 Å². The fourth-order valence-electron chi connectivity index (χ4n) is 3.43. The Morgan fingerprint density at radius 2 is 1.90 bits per heavy atom. The molecule has 0 aromatic rings. The first-order valence-electron chi connectivity index (χ1n) is 8.85. The summed E-state index contributed by atoms with van der Waals surface area (Å²) < 4.78 is 0. The summed E-state index contributed by atoms with van der Waals surface area (Å²) in [5.74, 6) is 0. The monoisotopic (exact) mass is 282 g/mol. The first kappa shape index (κ1) is 18.0. The van der Waals surface area contributed by atoms with Gasteiger partial charge in [0.2, 0.25) is 0 Å². The standard InChI is InChI=1S/C18H38N2/c1-7-10-11-12-17(4,5)14-20-15-18(6,9-3)19-13-16(20)8-2/h16,19H,7-15H2,1-6H3. The van der Waals surface area contributed by atoms with Gasteiger partial charge >= 0.3 is 0 Å². The van der Waals surface area contributed by atoms with E-state index in [2.05, 4.69) is 51.8 Å². The van der Waals surface area contributed by atoms with Gasteiger partial charge in [0.25, 0.3) is 0 Å². The first-order chi connectivity index (χ1) is 9.36. The molecule has 2 nitrogen and oxygen atoms in total. The average Bonchev–Trinajstić information content (AvgIpc) is 2.39. The number of hydrogen-bond acceptors (Lipinski definition) is 2. The third-order valence-corrected chi connectivity index (χ3v) is 5.17. The Morgan fingerprint density at radius 1 is 1.20 bits per heavy atom. The Morgan fingerprint density at radius 3 is 2.45 bits per heavy atom. The van der Waals surface area contributed by atoms with E-state index in [1.165, 1.54) is 51.6 Å². The predicted molar refractivity (Wildman–Crippen MR) is 90.3 cm³/mol. The van der Waals surface area contributed by atoms with E-state index in [4.69, 9.17) is 0 Å². The molecule has 0 amide bonds. The van der Waals surface area contributed by atoms with Crippen LogP contribution in [0.15, 0.2) is 0 Å². The van der Waals surface area contributed by atoms with E-state index in [9.17, 15) is 0 Å². The number of unbranched alkanes of at least 4 members (excludes halogenated alkanes) is 2. The topological polar surface area (TPSA) is 15.3 Å². The van der Waals surface area contributed by atoms with Gasteiger partial charge in [0.1, 0.15) is 0 Å². The maximum atomic E-state index is 3.77. The molecule has 1 fully saturated rings. The van der Waals surface area contributed by atoms with Crippen LogP contribution in [0.2, 0.25) is 0 Å².